The zero-order valence-electron chi connectivity index (χ0n) is 20.7. The minimum Gasteiger partial charge on any atom is -0.454 e. The van der Waals surface area contributed by atoms with Crippen LogP contribution in [0, 0.1) is 5.92 Å². The van der Waals surface area contributed by atoms with Crippen LogP contribution in [0.25, 0.3) is 17.2 Å². The first-order valence-corrected chi connectivity index (χ1v) is 13.4. The van der Waals surface area contributed by atoms with Crippen molar-refractivity contribution >= 4 is 34.9 Å². The largest absolute Gasteiger partial charge is 0.454 e. The lowest BCUT2D eigenvalue weighted by Gasteiger charge is -2.32. The Morgan fingerprint density at radius 2 is 1.89 bits per heavy atom. The van der Waals surface area contributed by atoms with E-state index in [4.69, 9.17) is 9.47 Å². The predicted octanol–water partition coefficient (Wildman–Crippen LogP) is 4.20. The summed E-state index contributed by atoms with van der Waals surface area (Å²) in [4.78, 5) is 34.8. The number of rotatable bonds is 7. The Hall–Kier alpha value is -3.89. The molecule has 2 saturated heterocycles. The number of imide groups is 1. The number of anilines is 1. The van der Waals surface area contributed by atoms with E-state index >= 15 is 0 Å². The Morgan fingerprint density at radius 3 is 2.74 bits per heavy atom. The van der Waals surface area contributed by atoms with Gasteiger partial charge in [0.25, 0.3) is 11.1 Å². The first kappa shape index (κ1) is 24.4. The molecule has 0 unspecified atom stereocenters. The van der Waals surface area contributed by atoms with E-state index in [1.165, 1.54) is 5.56 Å². The SMILES string of the molecule is O=C1NC(=O)C(=Cc2ccnc(N3CCC(CNCc4cccc(-c5ccc6c(c5)OCO6)c4)CC3)n2)S1. The van der Waals surface area contributed by atoms with Crippen molar-refractivity contribution < 1.29 is 19.1 Å². The molecule has 1 aromatic heterocycles. The number of carbonyl (C=O) groups excluding carboxylic acids is 2. The number of hydrogen-bond donors (Lipinski definition) is 2. The van der Waals surface area contributed by atoms with Crippen molar-refractivity contribution in [1.82, 2.24) is 20.6 Å². The molecule has 194 valence electrons. The topological polar surface area (TPSA) is 106 Å². The lowest BCUT2D eigenvalue weighted by Crippen LogP contribution is -2.38. The highest BCUT2D eigenvalue weighted by molar-refractivity contribution is 8.18. The van der Waals surface area contributed by atoms with Gasteiger partial charge in [-0.2, -0.15) is 0 Å². The lowest BCUT2D eigenvalue weighted by atomic mass is 9.97. The van der Waals surface area contributed by atoms with E-state index in [1.54, 1.807) is 18.3 Å². The van der Waals surface area contributed by atoms with Gasteiger partial charge in [0.2, 0.25) is 12.7 Å². The molecule has 0 spiro atoms. The number of carbonyl (C=O) groups is 2. The maximum atomic E-state index is 11.8. The zero-order chi connectivity index (χ0) is 25.9. The van der Waals surface area contributed by atoms with Crippen molar-refractivity contribution in [1.29, 1.82) is 0 Å². The minimum absolute atomic E-state index is 0.280. The molecular formula is C28H27N5O4S. The number of aromatic nitrogens is 2. The Balaban J connectivity index is 0.998. The number of thioether (sulfide) groups is 1. The van der Waals surface area contributed by atoms with E-state index in [0.717, 1.165) is 73.4 Å². The Kier molecular flexibility index (Phi) is 6.98. The molecule has 2 amide bonds. The van der Waals surface area contributed by atoms with Gasteiger partial charge >= 0.3 is 0 Å². The summed E-state index contributed by atoms with van der Waals surface area (Å²) in [5.41, 5.74) is 4.14. The summed E-state index contributed by atoms with van der Waals surface area (Å²) in [5.74, 6) is 2.44. The second kappa shape index (κ2) is 10.8. The van der Waals surface area contributed by atoms with E-state index < -0.39 is 0 Å². The van der Waals surface area contributed by atoms with Gasteiger partial charge in [-0.1, -0.05) is 24.3 Å². The van der Waals surface area contributed by atoms with Gasteiger partial charge in [0.15, 0.2) is 11.5 Å². The number of nitrogens with zero attached hydrogens (tertiary/aromatic N) is 3. The molecule has 0 atom stereocenters. The van der Waals surface area contributed by atoms with Gasteiger partial charge in [-0.25, -0.2) is 9.97 Å². The predicted molar refractivity (Wildman–Crippen MR) is 146 cm³/mol. The van der Waals surface area contributed by atoms with Crippen molar-refractivity contribution in [2.45, 2.75) is 19.4 Å². The Labute approximate surface area is 224 Å². The van der Waals surface area contributed by atoms with Gasteiger partial charge in [0.1, 0.15) is 0 Å². The molecule has 0 bridgehead atoms. The number of amides is 2. The number of nitrogens with one attached hydrogen (secondary N) is 2. The van der Waals surface area contributed by atoms with E-state index in [1.807, 2.05) is 12.1 Å². The third kappa shape index (κ3) is 5.51. The van der Waals surface area contributed by atoms with Gasteiger partial charge in [-0.05, 0) is 84.1 Å². The van der Waals surface area contributed by atoms with Gasteiger partial charge in [0, 0.05) is 25.8 Å². The second-order valence-corrected chi connectivity index (χ2v) is 10.5. The first-order chi connectivity index (χ1) is 18.6. The van der Waals surface area contributed by atoms with Gasteiger partial charge in [-0.3, -0.25) is 14.9 Å². The van der Waals surface area contributed by atoms with E-state index in [0.29, 0.717) is 22.5 Å². The van der Waals surface area contributed by atoms with E-state index in [-0.39, 0.29) is 17.9 Å². The number of hydrogen-bond acceptors (Lipinski definition) is 9. The summed E-state index contributed by atoms with van der Waals surface area (Å²) in [6.07, 6.45) is 5.42. The third-order valence-electron chi connectivity index (χ3n) is 6.88. The number of fused-ring (bicyclic) bond motifs is 1. The molecule has 10 heteroatoms. The smallest absolute Gasteiger partial charge is 0.290 e. The van der Waals surface area contributed by atoms with Crippen LogP contribution in [0.4, 0.5) is 10.7 Å². The van der Waals surface area contributed by atoms with Gasteiger partial charge in [0.05, 0.1) is 10.6 Å². The molecule has 0 saturated carbocycles. The summed E-state index contributed by atoms with van der Waals surface area (Å²) >= 11 is 0.891. The molecule has 2 N–H and O–H groups in total. The number of ether oxygens (including phenoxy) is 2. The lowest BCUT2D eigenvalue weighted by molar-refractivity contribution is -0.115. The van der Waals surface area contributed by atoms with Crippen LogP contribution in [0.2, 0.25) is 0 Å². The van der Waals surface area contributed by atoms with Gasteiger partial charge in [-0.15, -0.1) is 0 Å². The average molecular weight is 530 g/mol. The summed E-state index contributed by atoms with van der Waals surface area (Å²) < 4.78 is 10.9. The minimum atomic E-state index is -0.381. The molecular weight excluding hydrogens is 502 g/mol. The fourth-order valence-electron chi connectivity index (χ4n) is 4.84. The molecule has 3 aromatic rings. The van der Waals surface area contributed by atoms with Crippen LogP contribution in [-0.4, -0.2) is 47.5 Å². The molecule has 6 rings (SSSR count). The van der Waals surface area contributed by atoms with Crippen molar-refractivity contribution in [3.8, 4) is 22.6 Å². The second-order valence-electron chi connectivity index (χ2n) is 9.46. The Bertz CT molecular complexity index is 1400. The standard InChI is InChI=1S/C28H27N5O4S/c34-26-25(38-28(35)32-26)14-22-6-9-30-27(31-22)33-10-7-18(8-11-33)15-29-16-19-2-1-3-20(12-19)21-4-5-23-24(13-21)37-17-36-23/h1-6,9,12-14,18,29H,7-8,10-11,15-17H2,(H,32,34,35). The Morgan fingerprint density at radius 1 is 1.05 bits per heavy atom. The van der Waals surface area contributed by atoms with Crippen molar-refractivity contribution in [2.24, 2.45) is 5.92 Å². The van der Waals surface area contributed by atoms with Crippen LogP contribution in [0.3, 0.4) is 0 Å². The van der Waals surface area contributed by atoms with Crippen LogP contribution < -0.4 is 25.0 Å². The molecule has 3 aliphatic rings. The summed E-state index contributed by atoms with van der Waals surface area (Å²) in [5, 5.41) is 5.54. The maximum absolute atomic E-state index is 11.8. The fraction of sp³-hybridized carbons (Fsp3) is 0.286. The van der Waals surface area contributed by atoms with E-state index in [2.05, 4.69) is 55.8 Å². The van der Waals surface area contributed by atoms with Gasteiger partial charge < -0.3 is 19.7 Å². The normalized spacial score (nSPS) is 18.3. The fourth-order valence-corrected chi connectivity index (χ4v) is 5.51. The van der Waals surface area contributed by atoms with Crippen LogP contribution in [0.15, 0.2) is 59.6 Å². The number of piperidine rings is 1. The highest BCUT2D eigenvalue weighted by Gasteiger charge is 2.26. The monoisotopic (exact) mass is 529 g/mol. The van der Waals surface area contributed by atoms with Crippen molar-refractivity contribution in [2.75, 3.05) is 31.3 Å². The first-order valence-electron chi connectivity index (χ1n) is 12.6. The highest BCUT2D eigenvalue weighted by atomic mass is 32.2. The molecule has 0 aliphatic carbocycles. The molecule has 2 aromatic carbocycles. The van der Waals surface area contributed by atoms with Crippen molar-refractivity contribution in [3.05, 3.63) is 70.9 Å². The molecule has 3 aliphatic heterocycles. The molecule has 4 heterocycles. The average Bonchev–Trinajstić information content (AvgIpc) is 3.54. The van der Waals surface area contributed by atoms with Crippen LogP contribution >= 0.6 is 11.8 Å². The molecule has 9 nitrogen and oxygen atoms in total. The third-order valence-corrected chi connectivity index (χ3v) is 7.69. The summed E-state index contributed by atoms with van der Waals surface area (Å²) in [6.45, 7) is 3.79. The van der Waals surface area contributed by atoms with E-state index in [9.17, 15) is 9.59 Å². The maximum Gasteiger partial charge on any atom is 0.290 e. The van der Waals surface area contributed by atoms with Crippen LogP contribution in [0.1, 0.15) is 24.1 Å². The molecule has 2 fully saturated rings. The zero-order valence-corrected chi connectivity index (χ0v) is 21.5. The summed E-state index contributed by atoms with van der Waals surface area (Å²) in [6, 6.07) is 16.4. The number of benzene rings is 2. The van der Waals surface area contributed by atoms with Crippen molar-refractivity contribution in [3.63, 3.8) is 0 Å². The molecule has 0 radical (unpaired) electrons. The quantitative estimate of drug-likeness (QED) is 0.436. The summed E-state index contributed by atoms with van der Waals surface area (Å²) in [7, 11) is 0. The van der Waals surface area contributed by atoms with Crippen LogP contribution in [0.5, 0.6) is 11.5 Å². The highest BCUT2D eigenvalue weighted by Crippen LogP contribution is 2.36. The molecule has 38 heavy (non-hydrogen) atoms. The van der Waals surface area contributed by atoms with Crippen LogP contribution in [-0.2, 0) is 11.3 Å².